The van der Waals surface area contributed by atoms with Crippen molar-refractivity contribution in [3.05, 3.63) is 30.9 Å². The molecule has 1 N–H and O–H groups in total. The summed E-state index contributed by atoms with van der Waals surface area (Å²) in [5, 5.41) is 9.27. The van der Waals surface area contributed by atoms with Crippen LogP contribution in [0.25, 0.3) is 17.0 Å². The van der Waals surface area contributed by atoms with Crippen molar-refractivity contribution >= 4 is 27.2 Å². The van der Waals surface area contributed by atoms with Gasteiger partial charge in [0, 0.05) is 30.1 Å². The fraction of sp³-hybridized carbons (Fsp3) is 0.214. The van der Waals surface area contributed by atoms with Crippen LogP contribution in [0.5, 0.6) is 5.75 Å². The predicted molar refractivity (Wildman–Crippen MR) is 87.5 cm³/mol. The molecular weight excluding hydrogens is 393 g/mol. The van der Waals surface area contributed by atoms with Crippen molar-refractivity contribution in [2.75, 3.05) is 5.75 Å². The molecular formula is C14H11F3N4O3S2. The van der Waals surface area contributed by atoms with E-state index in [4.69, 9.17) is 0 Å². The number of pyridine rings is 1. The minimum absolute atomic E-state index is 0.00151. The number of imidazole rings is 1. The van der Waals surface area contributed by atoms with Crippen molar-refractivity contribution in [1.29, 1.82) is 0 Å². The maximum Gasteiger partial charge on any atom is 0.447 e. The molecule has 0 bridgehead atoms. The van der Waals surface area contributed by atoms with Gasteiger partial charge in [-0.25, -0.2) is 23.4 Å². The van der Waals surface area contributed by atoms with Gasteiger partial charge in [0.1, 0.15) is 34.1 Å². The summed E-state index contributed by atoms with van der Waals surface area (Å²) in [6.45, 7) is 1.44. The molecule has 0 aliphatic carbocycles. The minimum Gasteiger partial charge on any atom is -0.506 e. The Morgan fingerprint density at radius 3 is 2.65 bits per heavy atom. The van der Waals surface area contributed by atoms with E-state index in [1.165, 1.54) is 17.5 Å². The Balaban J connectivity index is 2.12. The first-order valence-electron chi connectivity index (χ1n) is 7.11. The topological polar surface area (TPSA) is 97.5 Å². The van der Waals surface area contributed by atoms with Gasteiger partial charge in [0.15, 0.2) is 9.84 Å². The van der Waals surface area contributed by atoms with E-state index in [-0.39, 0.29) is 50.2 Å². The van der Waals surface area contributed by atoms with Gasteiger partial charge in [-0.1, -0.05) is 6.92 Å². The van der Waals surface area contributed by atoms with E-state index in [0.717, 1.165) is 24.7 Å². The molecule has 0 unspecified atom stereocenters. The van der Waals surface area contributed by atoms with Crippen molar-refractivity contribution in [1.82, 2.24) is 19.4 Å². The molecule has 0 spiro atoms. The van der Waals surface area contributed by atoms with E-state index in [2.05, 4.69) is 15.0 Å². The molecule has 0 aliphatic heterocycles. The lowest BCUT2D eigenvalue weighted by atomic mass is 10.3. The van der Waals surface area contributed by atoms with Crippen LogP contribution in [-0.4, -0.2) is 44.1 Å². The van der Waals surface area contributed by atoms with E-state index in [1.807, 2.05) is 0 Å². The Labute approximate surface area is 149 Å². The summed E-state index contributed by atoms with van der Waals surface area (Å²) in [5.74, 6) is -0.540. The summed E-state index contributed by atoms with van der Waals surface area (Å²) in [6, 6.07) is 2.20. The standard InChI is InChI=1S/C14H11F3N4O3S2/c1-2-26(23,24)10-3-8(22)5-18-13(10)9-6-21-7-19-12(4-11(21)20-9)25-14(15,16)17/h3-7,22H,2H2,1H3. The molecule has 0 fully saturated rings. The lowest BCUT2D eigenvalue weighted by Gasteiger charge is -2.06. The van der Waals surface area contributed by atoms with E-state index in [9.17, 15) is 26.7 Å². The maximum absolute atomic E-state index is 12.5. The average Bonchev–Trinajstić information content (AvgIpc) is 2.96. The van der Waals surface area contributed by atoms with Crippen molar-refractivity contribution in [3.8, 4) is 17.1 Å². The molecule has 0 aliphatic rings. The number of thioether (sulfide) groups is 1. The van der Waals surface area contributed by atoms with Crippen LogP contribution in [0.2, 0.25) is 0 Å². The lowest BCUT2D eigenvalue weighted by molar-refractivity contribution is -0.0329. The highest BCUT2D eigenvalue weighted by molar-refractivity contribution is 8.00. The number of hydrogen-bond donors (Lipinski definition) is 1. The lowest BCUT2D eigenvalue weighted by Crippen LogP contribution is -2.06. The van der Waals surface area contributed by atoms with Crippen molar-refractivity contribution in [3.63, 3.8) is 0 Å². The Bertz CT molecular complexity index is 1080. The normalized spacial score (nSPS) is 12.6. The molecule has 0 saturated carbocycles. The summed E-state index contributed by atoms with van der Waals surface area (Å²) >= 11 is -0.375. The van der Waals surface area contributed by atoms with Crippen molar-refractivity contribution in [2.45, 2.75) is 22.4 Å². The van der Waals surface area contributed by atoms with Gasteiger partial charge in [-0.3, -0.25) is 4.40 Å². The van der Waals surface area contributed by atoms with Crippen LogP contribution < -0.4 is 0 Å². The zero-order valence-electron chi connectivity index (χ0n) is 13.1. The molecule has 0 saturated heterocycles. The van der Waals surface area contributed by atoms with Crippen molar-refractivity contribution in [2.24, 2.45) is 0 Å². The first kappa shape index (κ1) is 18.5. The zero-order chi connectivity index (χ0) is 19.1. The molecule has 3 aromatic rings. The SMILES string of the molecule is CCS(=O)(=O)c1cc(O)cnc1-c1cn2cnc(SC(F)(F)F)cc2n1. The second-order valence-corrected chi connectivity index (χ2v) is 8.44. The Morgan fingerprint density at radius 1 is 1.27 bits per heavy atom. The zero-order valence-corrected chi connectivity index (χ0v) is 14.7. The fourth-order valence-electron chi connectivity index (χ4n) is 2.18. The second kappa shape index (κ2) is 6.43. The number of alkyl halides is 3. The number of halogens is 3. The highest BCUT2D eigenvalue weighted by Crippen LogP contribution is 2.36. The quantitative estimate of drug-likeness (QED) is 0.527. The van der Waals surface area contributed by atoms with Gasteiger partial charge >= 0.3 is 5.51 Å². The van der Waals surface area contributed by atoms with Crippen LogP contribution in [0.1, 0.15) is 6.92 Å². The largest absolute Gasteiger partial charge is 0.506 e. The van der Waals surface area contributed by atoms with E-state index < -0.39 is 15.3 Å². The summed E-state index contributed by atoms with van der Waals surface area (Å²) < 4.78 is 63.3. The van der Waals surface area contributed by atoms with Gasteiger partial charge in [0.2, 0.25) is 0 Å². The van der Waals surface area contributed by atoms with Gasteiger partial charge in [0.25, 0.3) is 0 Å². The maximum atomic E-state index is 12.5. The predicted octanol–water partition coefficient (Wildman–Crippen LogP) is 2.90. The average molecular weight is 404 g/mol. The first-order valence-corrected chi connectivity index (χ1v) is 9.58. The third-order valence-corrected chi connectivity index (χ3v) is 5.74. The summed E-state index contributed by atoms with van der Waals surface area (Å²) in [4.78, 5) is 11.6. The molecule has 0 aromatic carbocycles. The van der Waals surface area contributed by atoms with E-state index in [1.54, 1.807) is 0 Å². The molecule has 3 heterocycles. The number of rotatable bonds is 4. The molecule has 0 atom stereocenters. The van der Waals surface area contributed by atoms with Gasteiger partial charge in [-0.05, 0) is 0 Å². The third-order valence-electron chi connectivity index (χ3n) is 3.34. The number of nitrogens with zero attached hydrogens (tertiary/aromatic N) is 4. The fourth-order valence-corrected chi connectivity index (χ4v) is 3.75. The van der Waals surface area contributed by atoms with Gasteiger partial charge < -0.3 is 5.11 Å². The van der Waals surface area contributed by atoms with E-state index >= 15 is 0 Å². The Hall–Kier alpha value is -2.34. The third kappa shape index (κ3) is 3.75. The van der Waals surface area contributed by atoms with Gasteiger partial charge in [0.05, 0.1) is 16.8 Å². The molecule has 0 radical (unpaired) electrons. The van der Waals surface area contributed by atoms with Crippen LogP contribution >= 0.6 is 11.8 Å². The molecule has 7 nitrogen and oxygen atoms in total. The van der Waals surface area contributed by atoms with Crippen LogP contribution in [0.3, 0.4) is 0 Å². The van der Waals surface area contributed by atoms with Gasteiger partial charge in [-0.15, -0.1) is 0 Å². The summed E-state index contributed by atoms with van der Waals surface area (Å²) in [6.07, 6.45) is 3.62. The summed E-state index contributed by atoms with van der Waals surface area (Å²) in [7, 11) is -3.71. The van der Waals surface area contributed by atoms with Crippen LogP contribution in [-0.2, 0) is 9.84 Å². The molecule has 12 heteroatoms. The number of aromatic hydroxyl groups is 1. The van der Waals surface area contributed by atoms with Crippen molar-refractivity contribution < 1.29 is 26.7 Å². The Morgan fingerprint density at radius 2 is 2.00 bits per heavy atom. The number of aromatic nitrogens is 4. The van der Waals surface area contributed by atoms with Crippen LogP contribution in [0.15, 0.2) is 40.8 Å². The minimum atomic E-state index is -4.48. The second-order valence-electron chi connectivity index (χ2n) is 5.11. The van der Waals surface area contributed by atoms with E-state index in [0.29, 0.717) is 0 Å². The summed E-state index contributed by atoms with van der Waals surface area (Å²) in [5.41, 5.74) is -4.20. The molecule has 3 aromatic heterocycles. The number of fused-ring (bicyclic) bond motifs is 1. The Kier molecular flexibility index (Phi) is 4.56. The highest BCUT2D eigenvalue weighted by atomic mass is 32.2. The molecule has 26 heavy (non-hydrogen) atoms. The monoisotopic (exact) mass is 404 g/mol. The first-order chi connectivity index (χ1) is 12.1. The van der Waals surface area contributed by atoms with Crippen LogP contribution in [0, 0.1) is 0 Å². The van der Waals surface area contributed by atoms with Gasteiger partial charge in [-0.2, -0.15) is 13.2 Å². The highest BCUT2D eigenvalue weighted by Gasteiger charge is 2.30. The molecule has 3 rings (SSSR count). The smallest absolute Gasteiger partial charge is 0.447 e. The number of sulfone groups is 1. The van der Waals surface area contributed by atoms with Crippen LogP contribution in [0.4, 0.5) is 13.2 Å². The molecule has 138 valence electrons. The molecule has 0 amide bonds. The number of hydrogen-bond acceptors (Lipinski definition) is 7.